The number of hydrogen-bond acceptors (Lipinski definition) is 3. The van der Waals surface area contributed by atoms with Crippen molar-refractivity contribution in [2.24, 2.45) is 0 Å². The van der Waals surface area contributed by atoms with Gasteiger partial charge in [0.05, 0.1) is 0 Å². The molecule has 0 radical (unpaired) electrons. The molecule has 5 heteroatoms. The lowest BCUT2D eigenvalue weighted by molar-refractivity contribution is -0.142. The summed E-state index contributed by atoms with van der Waals surface area (Å²) in [6.07, 6.45) is 1.71. The highest BCUT2D eigenvalue weighted by Crippen LogP contribution is 2.17. The maximum Gasteiger partial charge on any atom is 0.320 e. The minimum atomic E-state index is -0.720. The third-order valence-corrected chi connectivity index (χ3v) is 3.04. The number of likely N-dealkylation sites (tertiary alicyclic amines) is 1. The first-order valence-electron chi connectivity index (χ1n) is 5.92. The Morgan fingerprint density at radius 3 is 2.78 bits per heavy atom. The molecule has 2 rings (SSSR count). The standard InChI is InChI=1S/C13H17NO3.ClH/c15-13(16)12-7-4-8-14(12)9-10-17-11-5-2-1-3-6-11;/h1-3,5-6,12H,4,7-10H2,(H,15,16);1H. The van der Waals surface area contributed by atoms with Crippen LogP contribution in [0, 0.1) is 0 Å². The van der Waals surface area contributed by atoms with Crippen LogP contribution in [0.1, 0.15) is 12.8 Å². The summed E-state index contributed by atoms with van der Waals surface area (Å²) in [6, 6.07) is 9.26. The molecule has 100 valence electrons. The zero-order valence-corrected chi connectivity index (χ0v) is 10.9. The molecule has 0 spiro atoms. The van der Waals surface area contributed by atoms with Crippen LogP contribution < -0.4 is 4.74 Å². The van der Waals surface area contributed by atoms with Gasteiger partial charge in [0.25, 0.3) is 0 Å². The number of ether oxygens (including phenoxy) is 1. The van der Waals surface area contributed by atoms with Crippen LogP contribution in [0.4, 0.5) is 0 Å². The van der Waals surface area contributed by atoms with Gasteiger partial charge in [-0.05, 0) is 31.5 Å². The summed E-state index contributed by atoms with van der Waals surface area (Å²) in [6.45, 7) is 2.06. The predicted octanol–water partition coefficient (Wildman–Crippen LogP) is 2.04. The molecule has 0 amide bonds. The van der Waals surface area contributed by atoms with Gasteiger partial charge in [-0.15, -0.1) is 12.4 Å². The van der Waals surface area contributed by atoms with Gasteiger partial charge in [0.15, 0.2) is 0 Å². The molecule has 0 aliphatic carbocycles. The van der Waals surface area contributed by atoms with Gasteiger partial charge in [-0.2, -0.15) is 0 Å². The van der Waals surface area contributed by atoms with E-state index in [2.05, 4.69) is 0 Å². The Balaban J connectivity index is 0.00000162. The molecule has 1 saturated heterocycles. The number of hydrogen-bond donors (Lipinski definition) is 1. The minimum absolute atomic E-state index is 0. The second kappa shape index (κ2) is 7.24. The zero-order valence-electron chi connectivity index (χ0n) is 10.1. The van der Waals surface area contributed by atoms with Gasteiger partial charge in [-0.1, -0.05) is 18.2 Å². The lowest BCUT2D eigenvalue weighted by Gasteiger charge is -2.20. The van der Waals surface area contributed by atoms with Crippen molar-refractivity contribution in [3.8, 4) is 5.75 Å². The van der Waals surface area contributed by atoms with Gasteiger partial charge < -0.3 is 9.84 Å². The molecule has 1 unspecified atom stereocenters. The average molecular weight is 272 g/mol. The number of carboxylic acids is 1. The molecule has 1 heterocycles. The molecule has 1 aliphatic heterocycles. The second-order valence-corrected chi connectivity index (χ2v) is 4.19. The SMILES string of the molecule is Cl.O=C(O)C1CCCN1CCOc1ccccc1. The van der Waals surface area contributed by atoms with E-state index < -0.39 is 5.97 Å². The zero-order chi connectivity index (χ0) is 12.1. The lowest BCUT2D eigenvalue weighted by atomic mass is 10.2. The highest BCUT2D eigenvalue weighted by Gasteiger charge is 2.29. The normalized spacial score (nSPS) is 19.2. The van der Waals surface area contributed by atoms with Crippen LogP contribution in [-0.4, -0.2) is 41.7 Å². The van der Waals surface area contributed by atoms with Crippen LogP contribution in [0.5, 0.6) is 5.75 Å². The highest BCUT2D eigenvalue weighted by molar-refractivity contribution is 5.85. The first-order chi connectivity index (χ1) is 8.27. The molecular weight excluding hydrogens is 254 g/mol. The summed E-state index contributed by atoms with van der Waals surface area (Å²) in [5, 5.41) is 9.02. The van der Waals surface area contributed by atoms with Crippen LogP contribution in [0.25, 0.3) is 0 Å². The Morgan fingerprint density at radius 2 is 2.11 bits per heavy atom. The minimum Gasteiger partial charge on any atom is -0.492 e. The quantitative estimate of drug-likeness (QED) is 0.890. The molecule has 0 aromatic heterocycles. The smallest absolute Gasteiger partial charge is 0.320 e. The van der Waals surface area contributed by atoms with Crippen molar-refractivity contribution in [1.82, 2.24) is 4.90 Å². The largest absolute Gasteiger partial charge is 0.492 e. The van der Waals surface area contributed by atoms with Crippen molar-refractivity contribution in [2.75, 3.05) is 19.7 Å². The van der Waals surface area contributed by atoms with Gasteiger partial charge >= 0.3 is 5.97 Å². The molecule has 18 heavy (non-hydrogen) atoms. The maximum absolute atomic E-state index is 11.0. The topological polar surface area (TPSA) is 49.8 Å². The molecule has 4 nitrogen and oxygen atoms in total. The van der Waals surface area contributed by atoms with E-state index in [1.54, 1.807) is 0 Å². The van der Waals surface area contributed by atoms with E-state index >= 15 is 0 Å². The van der Waals surface area contributed by atoms with Crippen LogP contribution in [0.3, 0.4) is 0 Å². The molecule has 0 saturated carbocycles. The summed E-state index contributed by atoms with van der Waals surface area (Å²) in [4.78, 5) is 12.9. The van der Waals surface area contributed by atoms with E-state index in [0.29, 0.717) is 13.2 Å². The molecule has 1 aliphatic rings. The van der Waals surface area contributed by atoms with Crippen molar-refractivity contribution < 1.29 is 14.6 Å². The van der Waals surface area contributed by atoms with Gasteiger partial charge in [-0.25, -0.2) is 0 Å². The first kappa shape index (κ1) is 14.8. The van der Waals surface area contributed by atoms with E-state index in [9.17, 15) is 4.79 Å². The molecule has 1 fully saturated rings. The number of rotatable bonds is 5. The van der Waals surface area contributed by atoms with Crippen molar-refractivity contribution >= 4 is 18.4 Å². The number of para-hydroxylation sites is 1. The Morgan fingerprint density at radius 1 is 1.39 bits per heavy atom. The fraction of sp³-hybridized carbons (Fsp3) is 0.462. The number of nitrogens with zero attached hydrogens (tertiary/aromatic N) is 1. The number of carbonyl (C=O) groups is 1. The van der Waals surface area contributed by atoms with E-state index in [1.165, 1.54) is 0 Å². The van der Waals surface area contributed by atoms with Crippen LogP contribution in [-0.2, 0) is 4.79 Å². The Kier molecular flexibility index (Phi) is 5.95. The van der Waals surface area contributed by atoms with E-state index in [4.69, 9.17) is 9.84 Å². The Bertz CT molecular complexity index is 372. The monoisotopic (exact) mass is 271 g/mol. The number of benzene rings is 1. The number of aliphatic carboxylic acids is 1. The molecule has 0 bridgehead atoms. The average Bonchev–Trinajstić information content (AvgIpc) is 2.79. The summed E-state index contributed by atoms with van der Waals surface area (Å²) >= 11 is 0. The van der Waals surface area contributed by atoms with Crippen molar-refractivity contribution in [2.45, 2.75) is 18.9 Å². The summed E-state index contributed by atoms with van der Waals surface area (Å²) < 4.78 is 5.56. The first-order valence-corrected chi connectivity index (χ1v) is 5.92. The molecule has 1 N–H and O–H groups in total. The van der Waals surface area contributed by atoms with Crippen molar-refractivity contribution in [3.63, 3.8) is 0 Å². The maximum atomic E-state index is 11.0. The Hall–Kier alpha value is -1.26. The van der Waals surface area contributed by atoms with E-state index in [0.717, 1.165) is 25.1 Å². The highest BCUT2D eigenvalue weighted by atomic mass is 35.5. The van der Waals surface area contributed by atoms with Crippen LogP contribution in [0.15, 0.2) is 30.3 Å². The summed E-state index contributed by atoms with van der Waals surface area (Å²) in [7, 11) is 0. The fourth-order valence-electron chi connectivity index (χ4n) is 2.17. The molecule has 1 aromatic rings. The van der Waals surface area contributed by atoms with E-state index in [-0.39, 0.29) is 18.4 Å². The van der Waals surface area contributed by atoms with Gasteiger partial charge in [-0.3, -0.25) is 9.69 Å². The third kappa shape index (κ3) is 3.89. The molecule has 1 aromatic carbocycles. The summed E-state index contributed by atoms with van der Waals surface area (Å²) in [5.41, 5.74) is 0. The third-order valence-electron chi connectivity index (χ3n) is 3.04. The van der Waals surface area contributed by atoms with E-state index in [1.807, 2.05) is 35.2 Å². The van der Waals surface area contributed by atoms with Crippen molar-refractivity contribution in [3.05, 3.63) is 30.3 Å². The second-order valence-electron chi connectivity index (χ2n) is 4.19. The number of halogens is 1. The van der Waals surface area contributed by atoms with Gasteiger partial charge in [0, 0.05) is 6.54 Å². The van der Waals surface area contributed by atoms with Gasteiger partial charge in [0.1, 0.15) is 18.4 Å². The molecular formula is C13H18ClNO3. The van der Waals surface area contributed by atoms with Crippen LogP contribution in [0.2, 0.25) is 0 Å². The number of carboxylic acid groups (broad SMARTS) is 1. The fourth-order valence-corrected chi connectivity index (χ4v) is 2.17. The van der Waals surface area contributed by atoms with Crippen LogP contribution >= 0.6 is 12.4 Å². The predicted molar refractivity (Wildman–Crippen MR) is 71.4 cm³/mol. The lowest BCUT2D eigenvalue weighted by Crippen LogP contribution is -2.38. The summed E-state index contributed by atoms with van der Waals surface area (Å²) in [5.74, 6) is 0.112. The van der Waals surface area contributed by atoms with Crippen molar-refractivity contribution in [1.29, 1.82) is 0 Å². The molecule has 1 atom stereocenters. The van der Waals surface area contributed by atoms with Gasteiger partial charge in [0.2, 0.25) is 0 Å². The Labute approximate surface area is 113 Å².